The summed E-state index contributed by atoms with van der Waals surface area (Å²) in [6.45, 7) is 4.51. The minimum atomic E-state index is 0.977. The summed E-state index contributed by atoms with van der Waals surface area (Å²) >= 11 is 1.98. The van der Waals surface area contributed by atoms with Gasteiger partial charge in [-0.2, -0.15) is 0 Å². The highest BCUT2D eigenvalue weighted by atomic mass is 32.2. The SMILES string of the molecule is CCC1C[B]S1. The molecule has 1 heterocycles. The zero-order valence-corrected chi connectivity index (χ0v) is 4.79. The molecule has 1 saturated heterocycles. The average Bonchev–Trinajstić information content (AvgIpc) is 1.31. The fourth-order valence-electron chi connectivity index (χ4n) is 0.495. The van der Waals surface area contributed by atoms with Gasteiger partial charge in [0.2, 0.25) is 0 Å². The van der Waals surface area contributed by atoms with Crippen molar-refractivity contribution in [2.45, 2.75) is 24.9 Å². The van der Waals surface area contributed by atoms with Gasteiger partial charge in [-0.25, -0.2) is 11.6 Å². The van der Waals surface area contributed by atoms with Crippen LogP contribution in [0.3, 0.4) is 0 Å². The lowest BCUT2D eigenvalue weighted by Crippen LogP contribution is -2.15. The van der Waals surface area contributed by atoms with E-state index in [1.807, 2.05) is 11.6 Å². The van der Waals surface area contributed by atoms with Gasteiger partial charge < -0.3 is 0 Å². The summed E-state index contributed by atoms with van der Waals surface area (Å²) in [5.41, 5.74) is 0. The first-order chi connectivity index (χ1) is 2.93. The molecule has 0 aromatic heterocycles. The van der Waals surface area contributed by atoms with Crippen LogP contribution >= 0.6 is 11.6 Å². The van der Waals surface area contributed by atoms with Gasteiger partial charge in [-0.1, -0.05) is 13.2 Å². The number of hydrogen-bond acceptors (Lipinski definition) is 1. The Hall–Kier alpha value is 0.415. The second-order valence-corrected chi connectivity index (χ2v) is 2.84. The van der Waals surface area contributed by atoms with E-state index in [4.69, 9.17) is 0 Å². The summed E-state index contributed by atoms with van der Waals surface area (Å²) < 4.78 is 0. The largest absolute Gasteiger partial charge is 0.215 e. The maximum absolute atomic E-state index is 2.27. The van der Waals surface area contributed by atoms with Gasteiger partial charge in [0, 0.05) is 0 Å². The molecule has 0 aromatic rings. The van der Waals surface area contributed by atoms with Crippen molar-refractivity contribution in [3.05, 3.63) is 0 Å². The Morgan fingerprint density at radius 3 is 2.67 bits per heavy atom. The lowest BCUT2D eigenvalue weighted by molar-refractivity contribution is 0.895. The van der Waals surface area contributed by atoms with E-state index in [0.717, 1.165) is 5.25 Å². The van der Waals surface area contributed by atoms with Crippen LogP contribution in [0.4, 0.5) is 0 Å². The van der Waals surface area contributed by atoms with Crippen LogP contribution in [-0.2, 0) is 0 Å². The van der Waals surface area contributed by atoms with Crippen LogP contribution in [0.5, 0.6) is 0 Å². The predicted molar refractivity (Wildman–Crippen MR) is 32.2 cm³/mol. The second-order valence-electron chi connectivity index (χ2n) is 1.57. The zero-order chi connectivity index (χ0) is 4.41. The van der Waals surface area contributed by atoms with Crippen molar-refractivity contribution in [1.29, 1.82) is 0 Å². The predicted octanol–water partition coefficient (Wildman–Crippen LogP) is 1.55. The third kappa shape index (κ3) is 0.727. The zero-order valence-electron chi connectivity index (χ0n) is 3.98. The molecule has 1 rings (SSSR count). The van der Waals surface area contributed by atoms with Crippen LogP contribution in [0.2, 0.25) is 6.32 Å². The van der Waals surface area contributed by atoms with Gasteiger partial charge in [0.05, 0.1) is 0 Å². The van der Waals surface area contributed by atoms with Gasteiger partial charge in [-0.15, -0.1) is 0 Å². The summed E-state index contributed by atoms with van der Waals surface area (Å²) in [4.78, 5) is 0. The van der Waals surface area contributed by atoms with Crippen LogP contribution in [0.25, 0.3) is 0 Å². The monoisotopic (exact) mass is 99.0 g/mol. The van der Waals surface area contributed by atoms with E-state index in [9.17, 15) is 0 Å². The van der Waals surface area contributed by atoms with Gasteiger partial charge in [-0.3, -0.25) is 0 Å². The quantitative estimate of drug-likeness (QED) is 0.449. The lowest BCUT2D eigenvalue weighted by atomic mass is 9.96. The molecule has 1 fully saturated rings. The van der Waals surface area contributed by atoms with Crippen LogP contribution < -0.4 is 0 Å². The smallest absolute Gasteiger partial charge is 0.193 e. The average molecular weight is 99.0 g/mol. The van der Waals surface area contributed by atoms with Gasteiger partial charge in [-0.05, 0) is 11.7 Å². The van der Waals surface area contributed by atoms with E-state index in [-0.39, 0.29) is 0 Å². The highest BCUT2D eigenvalue weighted by Gasteiger charge is 2.15. The Morgan fingerprint density at radius 2 is 2.67 bits per heavy atom. The first-order valence-electron chi connectivity index (χ1n) is 2.40. The normalized spacial score (nSPS) is 31.2. The van der Waals surface area contributed by atoms with Gasteiger partial charge >= 0.3 is 0 Å². The summed E-state index contributed by atoms with van der Waals surface area (Å²) in [5, 5.41) is 0.977. The molecule has 0 aromatic carbocycles. The first-order valence-corrected chi connectivity index (χ1v) is 3.35. The molecule has 0 aliphatic carbocycles. The van der Waals surface area contributed by atoms with Crippen LogP contribution in [-0.4, -0.2) is 11.8 Å². The third-order valence-electron chi connectivity index (χ3n) is 1.10. The van der Waals surface area contributed by atoms with E-state index in [1.54, 1.807) is 0 Å². The highest BCUT2D eigenvalue weighted by Crippen LogP contribution is 2.28. The topological polar surface area (TPSA) is 0 Å². The van der Waals surface area contributed by atoms with Crippen molar-refractivity contribution in [2.24, 2.45) is 0 Å². The van der Waals surface area contributed by atoms with Gasteiger partial charge in [0.1, 0.15) is 0 Å². The first kappa shape index (κ1) is 4.57. The lowest BCUT2D eigenvalue weighted by Gasteiger charge is -2.21. The Kier molecular flexibility index (Phi) is 1.46. The van der Waals surface area contributed by atoms with E-state index in [1.165, 1.54) is 12.7 Å². The van der Waals surface area contributed by atoms with Crippen LogP contribution in [0.15, 0.2) is 0 Å². The molecule has 0 saturated carbocycles. The van der Waals surface area contributed by atoms with E-state index < -0.39 is 0 Å². The Bertz CT molecular complexity index is 40.1. The summed E-state index contributed by atoms with van der Waals surface area (Å²) in [5.74, 6) is 0. The van der Waals surface area contributed by atoms with Crippen molar-refractivity contribution in [2.75, 3.05) is 0 Å². The molecule has 1 unspecified atom stereocenters. The van der Waals surface area contributed by atoms with Crippen molar-refractivity contribution < 1.29 is 0 Å². The third-order valence-corrected chi connectivity index (χ3v) is 2.40. The van der Waals surface area contributed by atoms with Crippen LogP contribution in [0.1, 0.15) is 13.3 Å². The van der Waals surface area contributed by atoms with E-state index in [2.05, 4.69) is 13.5 Å². The summed E-state index contributed by atoms with van der Waals surface area (Å²) in [6.07, 6.45) is 2.70. The molecule has 0 nitrogen and oxygen atoms in total. The fourth-order valence-corrected chi connectivity index (χ4v) is 1.15. The van der Waals surface area contributed by atoms with Crippen molar-refractivity contribution in [3.8, 4) is 0 Å². The molecule has 1 aliphatic rings. The molecule has 0 N–H and O–H groups in total. The summed E-state index contributed by atoms with van der Waals surface area (Å²) in [7, 11) is 0. The molecular formula is C4H8BS. The fraction of sp³-hybridized carbons (Fsp3) is 1.00. The maximum atomic E-state index is 2.27. The van der Waals surface area contributed by atoms with E-state index >= 15 is 0 Å². The maximum Gasteiger partial charge on any atom is 0.193 e. The molecule has 0 amide bonds. The number of rotatable bonds is 1. The molecular weight excluding hydrogens is 90.9 g/mol. The van der Waals surface area contributed by atoms with Crippen molar-refractivity contribution in [1.82, 2.24) is 0 Å². The molecule has 0 bridgehead atoms. The summed E-state index contributed by atoms with van der Waals surface area (Å²) in [6, 6.07) is 0. The highest BCUT2D eigenvalue weighted by molar-refractivity contribution is 8.25. The molecule has 2 heteroatoms. The van der Waals surface area contributed by atoms with Gasteiger partial charge in [0.25, 0.3) is 0 Å². The number of hydrogen-bond donors (Lipinski definition) is 0. The van der Waals surface area contributed by atoms with Crippen LogP contribution in [0, 0.1) is 0 Å². The Labute approximate surface area is 43.8 Å². The molecule has 6 heavy (non-hydrogen) atoms. The standard InChI is InChI=1S/C4H8BS/c1-2-4-3-5-6-4/h4H,2-3H2,1H3. The van der Waals surface area contributed by atoms with E-state index in [0.29, 0.717) is 0 Å². The van der Waals surface area contributed by atoms with Gasteiger partial charge in [0.15, 0.2) is 6.56 Å². The molecule has 33 valence electrons. The van der Waals surface area contributed by atoms with Crippen molar-refractivity contribution >= 4 is 18.2 Å². The minimum absolute atomic E-state index is 0.977. The Balaban J connectivity index is 2.01. The van der Waals surface area contributed by atoms with Crippen molar-refractivity contribution in [3.63, 3.8) is 0 Å². The molecule has 0 spiro atoms. The second kappa shape index (κ2) is 1.92. The molecule has 1 atom stereocenters. The Morgan fingerprint density at radius 1 is 2.00 bits per heavy atom. The minimum Gasteiger partial charge on any atom is -0.215 e. The molecule has 1 aliphatic heterocycles. The molecule has 1 radical (unpaired) electrons.